The molecule has 100 valence electrons. The Hall–Kier alpha value is -0.650. The number of rotatable bonds is 6. The van der Waals surface area contributed by atoms with E-state index in [1.165, 1.54) is 0 Å². The number of carbonyl (C=O) groups is 1. The molecule has 0 bridgehead atoms. The van der Waals surface area contributed by atoms with E-state index in [2.05, 4.69) is 24.2 Å². The van der Waals surface area contributed by atoms with Crippen molar-refractivity contribution in [1.29, 1.82) is 0 Å². The lowest BCUT2D eigenvalue weighted by Crippen LogP contribution is -2.47. The van der Waals surface area contributed by atoms with Gasteiger partial charge in [-0.25, -0.2) is 5.84 Å². The van der Waals surface area contributed by atoms with Gasteiger partial charge in [0.05, 0.1) is 12.7 Å². The Balaban J connectivity index is 2.07. The zero-order chi connectivity index (χ0) is 12.7. The van der Waals surface area contributed by atoms with Crippen LogP contribution in [0.25, 0.3) is 0 Å². The Kier molecular flexibility index (Phi) is 6.47. The molecule has 1 saturated heterocycles. The van der Waals surface area contributed by atoms with Crippen molar-refractivity contribution in [2.75, 3.05) is 19.7 Å². The minimum atomic E-state index is -0.0710. The minimum Gasteiger partial charge on any atom is -0.376 e. The summed E-state index contributed by atoms with van der Waals surface area (Å²) in [5.74, 6) is 4.94. The summed E-state index contributed by atoms with van der Waals surface area (Å²) in [6, 6.07) is 0.513. The summed E-state index contributed by atoms with van der Waals surface area (Å²) >= 11 is 0. The second kappa shape index (κ2) is 7.63. The lowest BCUT2D eigenvalue weighted by Gasteiger charge is -2.36. The predicted molar refractivity (Wildman–Crippen MR) is 67.2 cm³/mol. The fraction of sp³-hybridized carbons (Fsp3) is 0.917. The lowest BCUT2D eigenvalue weighted by molar-refractivity contribution is -0.121. The van der Waals surface area contributed by atoms with E-state index < -0.39 is 0 Å². The molecule has 1 aliphatic rings. The van der Waals surface area contributed by atoms with Crippen molar-refractivity contribution in [2.45, 2.75) is 51.7 Å². The lowest BCUT2D eigenvalue weighted by atomic mass is 10.1. The van der Waals surface area contributed by atoms with Gasteiger partial charge in [-0.15, -0.1) is 0 Å². The van der Waals surface area contributed by atoms with E-state index in [4.69, 9.17) is 10.6 Å². The Morgan fingerprint density at radius 1 is 1.41 bits per heavy atom. The Bertz CT molecular complexity index is 236. The van der Waals surface area contributed by atoms with Crippen LogP contribution in [0.2, 0.25) is 0 Å². The van der Waals surface area contributed by atoms with Gasteiger partial charge in [0, 0.05) is 19.0 Å². The third kappa shape index (κ3) is 5.48. The number of morpholine rings is 1. The van der Waals surface area contributed by atoms with E-state index in [-0.39, 0.29) is 5.91 Å². The number of nitrogens with zero attached hydrogens (tertiary/aromatic N) is 1. The van der Waals surface area contributed by atoms with Gasteiger partial charge in [-0.3, -0.25) is 15.1 Å². The maximum Gasteiger partial charge on any atom is 0.233 e. The topological polar surface area (TPSA) is 67.6 Å². The zero-order valence-electron chi connectivity index (χ0n) is 10.9. The van der Waals surface area contributed by atoms with Gasteiger partial charge in [-0.05, 0) is 33.2 Å². The molecule has 1 aliphatic heterocycles. The van der Waals surface area contributed by atoms with Gasteiger partial charge in [0.15, 0.2) is 0 Å². The van der Waals surface area contributed by atoms with Crippen LogP contribution < -0.4 is 11.3 Å². The number of carbonyl (C=O) groups excluding carboxylic acids is 1. The van der Waals surface area contributed by atoms with Crippen molar-refractivity contribution in [2.24, 2.45) is 5.84 Å². The number of ether oxygens (including phenoxy) is 1. The van der Waals surface area contributed by atoms with Crippen LogP contribution in [0, 0.1) is 0 Å². The molecule has 5 heteroatoms. The first kappa shape index (κ1) is 14.4. The SMILES string of the molecule is CC1CN(CCCCCC(=O)NN)C(C)CO1. The molecule has 3 N–H and O–H groups in total. The Labute approximate surface area is 104 Å². The molecule has 0 aromatic heterocycles. The summed E-state index contributed by atoms with van der Waals surface area (Å²) in [4.78, 5) is 13.4. The van der Waals surface area contributed by atoms with E-state index in [9.17, 15) is 4.79 Å². The third-order valence-electron chi connectivity index (χ3n) is 3.25. The molecule has 17 heavy (non-hydrogen) atoms. The summed E-state index contributed by atoms with van der Waals surface area (Å²) in [5, 5.41) is 0. The average molecular weight is 243 g/mol. The van der Waals surface area contributed by atoms with Gasteiger partial charge < -0.3 is 4.74 Å². The molecule has 0 aliphatic carbocycles. The molecular formula is C12H25N3O2. The number of hydrogen-bond donors (Lipinski definition) is 2. The van der Waals surface area contributed by atoms with E-state index >= 15 is 0 Å². The molecule has 2 atom stereocenters. The van der Waals surface area contributed by atoms with Gasteiger partial charge in [0.1, 0.15) is 0 Å². The smallest absolute Gasteiger partial charge is 0.233 e. The standard InChI is InChI=1S/C12H25N3O2/c1-10-9-17-11(2)8-15(10)7-5-3-4-6-12(16)14-13/h10-11H,3-9,13H2,1-2H3,(H,14,16). The number of hydrazine groups is 1. The first-order chi connectivity index (χ1) is 8.13. The van der Waals surface area contributed by atoms with Gasteiger partial charge in [-0.2, -0.15) is 0 Å². The van der Waals surface area contributed by atoms with Crippen LogP contribution in [0.15, 0.2) is 0 Å². The second-order valence-electron chi connectivity index (χ2n) is 4.87. The first-order valence-corrected chi connectivity index (χ1v) is 6.48. The highest BCUT2D eigenvalue weighted by Gasteiger charge is 2.22. The largest absolute Gasteiger partial charge is 0.376 e. The molecule has 1 heterocycles. The molecule has 1 fully saturated rings. The number of unbranched alkanes of at least 4 members (excludes halogenated alkanes) is 2. The fourth-order valence-corrected chi connectivity index (χ4v) is 2.13. The van der Waals surface area contributed by atoms with Crippen molar-refractivity contribution >= 4 is 5.91 Å². The molecule has 1 amide bonds. The number of amides is 1. The summed E-state index contributed by atoms with van der Waals surface area (Å²) < 4.78 is 5.59. The summed E-state index contributed by atoms with van der Waals surface area (Å²) in [5.41, 5.74) is 2.15. The minimum absolute atomic E-state index is 0.0710. The molecule has 0 saturated carbocycles. The third-order valence-corrected chi connectivity index (χ3v) is 3.25. The van der Waals surface area contributed by atoms with Crippen LogP contribution >= 0.6 is 0 Å². The molecule has 0 radical (unpaired) electrons. The highest BCUT2D eigenvalue weighted by molar-refractivity contribution is 5.74. The molecule has 5 nitrogen and oxygen atoms in total. The zero-order valence-corrected chi connectivity index (χ0v) is 10.9. The Morgan fingerprint density at radius 3 is 2.88 bits per heavy atom. The van der Waals surface area contributed by atoms with Crippen LogP contribution in [-0.2, 0) is 9.53 Å². The monoisotopic (exact) mass is 243 g/mol. The average Bonchev–Trinajstić information content (AvgIpc) is 2.32. The maximum absolute atomic E-state index is 10.9. The number of hydrogen-bond acceptors (Lipinski definition) is 4. The van der Waals surface area contributed by atoms with Crippen molar-refractivity contribution in [3.8, 4) is 0 Å². The van der Waals surface area contributed by atoms with Crippen LogP contribution in [0.4, 0.5) is 0 Å². The van der Waals surface area contributed by atoms with Gasteiger partial charge in [0.25, 0.3) is 0 Å². The van der Waals surface area contributed by atoms with Crippen LogP contribution in [0.1, 0.15) is 39.5 Å². The summed E-state index contributed by atoms with van der Waals surface area (Å²) in [6.45, 7) is 7.26. The van der Waals surface area contributed by atoms with Gasteiger partial charge in [-0.1, -0.05) is 6.42 Å². The second-order valence-corrected chi connectivity index (χ2v) is 4.87. The molecule has 0 aromatic carbocycles. The van der Waals surface area contributed by atoms with E-state index in [0.717, 1.165) is 39.0 Å². The van der Waals surface area contributed by atoms with Gasteiger partial charge >= 0.3 is 0 Å². The van der Waals surface area contributed by atoms with Crippen LogP contribution in [0.5, 0.6) is 0 Å². The normalized spacial score (nSPS) is 25.8. The summed E-state index contributed by atoms with van der Waals surface area (Å²) in [7, 11) is 0. The van der Waals surface area contributed by atoms with E-state index in [0.29, 0.717) is 18.6 Å². The van der Waals surface area contributed by atoms with Crippen molar-refractivity contribution in [1.82, 2.24) is 10.3 Å². The number of nitrogens with two attached hydrogens (primary N) is 1. The quantitative estimate of drug-likeness (QED) is 0.311. The molecule has 0 spiro atoms. The highest BCUT2D eigenvalue weighted by Crippen LogP contribution is 2.12. The van der Waals surface area contributed by atoms with E-state index in [1.807, 2.05) is 0 Å². The molecule has 0 aromatic rings. The molecule has 2 unspecified atom stereocenters. The van der Waals surface area contributed by atoms with Gasteiger partial charge in [0.2, 0.25) is 5.91 Å². The van der Waals surface area contributed by atoms with Crippen LogP contribution in [-0.4, -0.2) is 42.6 Å². The first-order valence-electron chi connectivity index (χ1n) is 6.48. The predicted octanol–water partition coefficient (Wildman–Crippen LogP) is 0.646. The molecule has 1 rings (SSSR count). The van der Waals surface area contributed by atoms with Crippen molar-refractivity contribution in [3.63, 3.8) is 0 Å². The summed E-state index contributed by atoms with van der Waals surface area (Å²) in [6.07, 6.45) is 4.00. The number of nitrogens with one attached hydrogen (secondary N) is 1. The van der Waals surface area contributed by atoms with E-state index in [1.54, 1.807) is 0 Å². The molecular weight excluding hydrogens is 218 g/mol. The van der Waals surface area contributed by atoms with Crippen molar-refractivity contribution < 1.29 is 9.53 Å². The maximum atomic E-state index is 10.9. The highest BCUT2D eigenvalue weighted by atomic mass is 16.5. The van der Waals surface area contributed by atoms with Crippen molar-refractivity contribution in [3.05, 3.63) is 0 Å². The fourth-order valence-electron chi connectivity index (χ4n) is 2.13. The van der Waals surface area contributed by atoms with Crippen LogP contribution in [0.3, 0.4) is 0 Å². The Morgan fingerprint density at radius 2 is 2.18 bits per heavy atom.